The molecule has 4 rings (SSSR count). The molecule has 0 radical (unpaired) electrons. The first-order chi connectivity index (χ1) is 11.8. The van der Waals surface area contributed by atoms with E-state index in [1.54, 1.807) is 18.4 Å². The second kappa shape index (κ2) is 6.02. The fourth-order valence-electron chi connectivity index (χ4n) is 2.73. The number of hydrogen-bond acceptors (Lipinski definition) is 4. The summed E-state index contributed by atoms with van der Waals surface area (Å²) >= 11 is 1.68. The number of benzene rings is 1. The molecule has 3 heterocycles. The molecule has 1 N–H and O–H groups in total. The van der Waals surface area contributed by atoms with Crippen LogP contribution < -0.4 is 10.1 Å². The Kier molecular flexibility index (Phi) is 3.70. The molecule has 0 saturated carbocycles. The van der Waals surface area contributed by atoms with Gasteiger partial charge < -0.3 is 10.1 Å². The van der Waals surface area contributed by atoms with Crippen LogP contribution in [0.2, 0.25) is 0 Å². The maximum atomic E-state index is 5.47. The van der Waals surface area contributed by atoms with Gasteiger partial charge in [0.1, 0.15) is 22.9 Å². The number of rotatable bonds is 4. The molecular weight excluding hydrogens is 318 g/mol. The summed E-state index contributed by atoms with van der Waals surface area (Å²) in [7, 11) is 1.68. The Morgan fingerprint density at radius 3 is 2.79 bits per heavy atom. The van der Waals surface area contributed by atoms with Crippen LogP contribution >= 0.6 is 11.3 Å². The summed E-state index contributed by atoms with van der Waals surface area (Å²) in [4.78, 5) is 5.97. The lowest BCUT2D eigenvalue weighted by molar-refractivity contribution is 0.417. The van der Waals surface area contributed by atoms with Gasteiger partial charge in [0.2, 0.25) is 0 Å². The van der Waals surface area contributed by atoms with Gasteiger partial charge in [0.05, 0.1) is 17.7 Å². The average molecular weight is 335 g/mol. The highest BCUT2D eigenvalue weighted by atomic mass is 32.1. The van der Waals surface area contributed by atoms with Crippen molar-refractivity contribution in [3.05, 3.63) is 65.7 Å². The van der Waals surface area contributed by atoms with Crippen LogP contribution in [0.3, 0.4) is 0 Å². The fourth-order valence-corrected chi connectivity index (χ4v) is 3.44. The van der Waals surface area contributed by atoms with Gasteiger partial charge in [-0.2, -0.15) is 0 Å². The third-order valence-electron chi connectivity index (χ3n) is 3.90. The predicted molar refractivity (Wildman–Crippen MR) is 99.5 cm³/mol. The predicted octanol–water partition coefficient (Wildman–Crippen LogP) is 5.12. The molecule has 0 aliphatic carbocycles. The van der Waals surface area contributed by atoms with E-state index < -0.39 is 0 Å². The fraction of sp³-hybridized carbons (Fsp3) is 0.105. The lowest BCUT2D eigenvalue weighted by Gasteiger charge is -2.12. The molecular formula is C19H17N3OS. The summed E-state index contributed by atoms with van der Waals surface area (Å²) in [5, 5.41) is 5.57. The number of nitrogens with one attached hydrogen (secondary N) is 1. The smallest absolute Gasteiger partial charge is 0.144 e. The summed E-state index contributed by atoms with van der Waals surface area (Å²) in [6, 6.07) is 16.2. The van der Waals surface area contributed by atoms with Crippen molar-refractivity contribution < 1.29 is 4.74 Å². The van der Waals surface area contributed by atoms with Crippen LogP contribution in [0.5, 0.6) is 5.75 Å². The minimum atomic E-state index is 0.802. The van der Waals surface area contributed by atoms with E-state index in [-0.39, 0.29) is 0 Å². The molecule has 0 aliphatic heterocycles. The van der Waals surface area contributed by atoms with Crippen molar-refractivity contribution in [1.82, 2.24) is 9.38 Å². The second-order valence-electron chi connectivity index (χ2n) is 5.54. The van der Waals surface area contributed by atoms with Crippen molar-refractivity contribution in [3.63, 3.8) is 0 Å². The summed E-state index contributed by atoms with van der Waals surface area (Å²) < 4.78 is 7.54. The molecule has 5 heteroatoms. The van der Waals surface area contributed by atoms with Gasteiger partial charge in [-0.3, -0.25) is 4.40 Å². The summed E-state index contributed by atoms with van der Waals surface area (Å²) in [6.07, 6.45) is 2.05. The normalized spacial score (nSPS) is 10.9. The monoisotopic (exact) mass is 335 g/mol. The van der Waals surface area contributed by atoms with Gasteiger partial charge >= 0.3 is 0 Å². The average Bonchev–Trinajstić information content (AvgIpc) is 3.23. The van der Waals surface area contributed by atoms with Gasteiger partial charge in [0.25, 0.3) is 0 Å². The van der Waals surface area contributed by atoms with Crippen LogP contribution in [-0.2, 0) is 0 Å². The van der Waals surface area contributed by atoms with E-state index in [1.165, 1.54) is 5.56 Å². The van der Waals surface area contributed by atoms with E-state index in [0.717, 1.165) is 33.5 Å². The zero-order valence-electron chi connectivity index (χ0n) is 13.5. The van der Waals surface area contributed by atoms with Crippen LogP contribution in [0, 0.1) is 6.92 Å². The van der Waals surface area contributed by atoms with Crippen LogP contribution in [0.15, 0.2) is 60.1 Å². The Balaban J connectivity index is 1.91. The Morgan fingerprint density at radius 1 is 1.12 bits per heavy atom. The summed E-state index contributed by atoms with van der Waals surface area (Å²) in [6.45, 7) is 2.08. The van der Waals surface area contributed by atoms with Crippen molar-refractivity contribution in [2.75, 3.05) is 12.4 Å². The Labute approximate surface area is 144 Å². The number of pyridine rings is 1. The molecule has 0 fully saturated rings. The van der Waals surface area contributed by atoms with Crippen LogP contribution in [0.1, 0.15) is 5.56 Å². The largest absolute Gasteiger partial charge is 0.495 e. The van der Waals surface area contributed by atoms with Gasteiger partial charge in [-0.25, -0.2) is 4.98 Å². The zero-order valence-corrected chi connectivity index (χ0v) is 14.3. The first-order valence-corrected chi connectivity index (χ1v) is 8.57. The third-order valence-corrected chi connectivity index (χ3v) is 4.77. The van der Waals surface area contributed by atoms with Crippen LogP contribution in [0.4, 0.5) is 11.5 Å². The third kappa shape index (κ3) is 2.53. The molecule has 24 heavy (non-hydrogen) atoms. The molecule has 0 atom stereocenters. The highest BCUT2D eigenvalue weighted by Gasteiger charge is 2.16. The quantitative estimate of drug-likeness (QED) is 0.562. The molecule has 3 aromatic heterocycles. The number of imidazole rings is 1. The highest BCUT2D eigenvalue weighted by molar-refractivity contribution is 7.13. The van der Waals surface area contributed by atoms with Crippen LogP contribution in [0.25, 0.3) is 16.2 Å². The lowest BCUT2D eigenvalue weighted by Crippen LogP contribution is -1.98. The maximum Gasteiger partial charge on any atom is 0.144 e. The first-order valence-electron chi connectivity index (χ1n) is 7.69. The Morgan fingerprint density at radius 2 is 2.00 bits per heavy atom. The molecule has 0 unspecified atom stereocenters. The minimum Gasteiger partial charge on any atom is -0.495 e. The molecule has 4 aromatic rings. The number of fused-ring (bicyclic) bond motifs is 1. The number of anilines is 2. The number of aryl methyl sites for hydroxylation is 1. The van der Waals surface area contributed by atoms with Crippen molar-refractivity contribution in [1.29, 1.82) is 0 Å². The van der Waals surface area contributed by atoms with E-state index in [4.69, 9.17) is 9.72 Å². The van der Waals surface area contributed by atoms with Crippen molar-refractivity contribution >= 4 is 28.5 Å². The van der Waals surface area contributed by atoms with E-state index in [0.29, 0.717) is 0 Å². The number of thiophene rings is 1. The molecule has 1 aromatic carbocycles. The van der Waals surface area contributed by atoms with Gasteiger partial charge in [-0.05, 0) is 48.2 Å². The van der Waals surface area contributed by atoms with E-state index in [9.17, 15) is 0 Å². The maximum absolute atomic E-state index is 5.47. The van der Waals surface area contributed by atoms with Gasteiger partial charge in [-0.1, -0.05) is 18.2 Å². The van der Waals surface area contributed by atoms with Crippen molar-refractivity contribution in [2.24, 2.45) is 0 Å². The number of nitrogens with zero attached hydrogens (tertiary/aromatic N) is 2. The molecule has 0 amide bonds. The molecule has 0 bridgehead atoms. The number of para-hydroxylation sites is 2. The topological polar surface area (TPSA) is 38.6 Å². The lowest BCUT2D eigenvalue weighted by atomic mass is 10.2. The van der Waals surface area contributed by atoms with Crippen LogP contribution in [-0.4, -0.2) is 16.5 Å². The van der Waals surface area contributed by atoms with Crippen molar-refractivity contribution in [2.45, 2.75) is 6.92 Å². The van der Waals surface area contributed by atoms with Gasteiger partial charge in [0.15, 0.2) is 0 Å². The molecule has 4 nitrogen and oxygen atoms in total. The Hall–Kier alpha value is -2.79. The molecule has 120 valence electrons. The molecule has 0 aliphatic rings. The SMILES string of the molecule is COc1ccccc1Nc1c(-c2cccs2)nc2cc(C)ccn12. The Bertz CT molecular complexity index is 989. The number of methoxy groups -OCH3 is 1. The van der Waals surface area contributed by atoms with Crippen molar-refractivity contribution in [3.8, 4) is 16.3 Å². The highest BCUT2D eigenvalue weighted by Crippen LogP contribution is 2.36. The molecule has 0 saturated heterocycles. The zero-order chi connectivity index (χ0) is 16.5. The van der Waals surface area contributed by atoms with E-state index >= 15 is 0 Å². The number of aromatic nitrogens is 2. The first kappa shape index (κ1) is 14.8. The summed E-state index contributed by atoms with van der Waals surface area (Å²) in [5.74, 6) is 1.74. The number of ether oxygens (including phenoxy) is 1. The van der Waals surface area contributed by atoms with Gasteiger partial charge in [0, 0.05) is 6.20 Å². The minimum absolute atomic E-state index is 0.802. The van der Waals surface area contributed by atoms with E-state index in [1.807, 2.05) is 36.5 Å². The summed E-state index contributed by atoms with van der Waals surface area (Å²) in [5.41, 5.74) is 3.98. The molecule has 0 spiro atoms. The van der Waals surface area contributed by atoms with E-state index in [2.05, 4.69) is 40.2 Å². The number of hydrogen-bond donors (Lipinski definition) is 1. The second-order valence-corrected chi connectivity index (χ2v) is 6.49. The standard InChI is InChI=1S/C19H17N3OS/c1-13-9-10-22-17(12-13)21-18(16-8-5-11-24-16)19(22)20-14-6-3-4-7-15(14)23-2/h3-12,20H,1-2H3. The van der Waals surface area contributed by atoms with Gasteiger partial charge in [-0.15, -0.1) is 11.3 Å².